The van der Waals surface area contributed by atoms with Gasteiger partial charge in [-0.15, -0.1) is 0 Å². The summed E-state index contributed by atoms with van der Waals surface area (Å²) in [7, 11) is 1.30. The Labute approximate surface area is 137 Å². The molecule has 7 nitrogen and oxygen atoms in total. The molecule has 0 aromatic carbocycles. The summed E-state index contributed by atoms with van der Waals surface area (Å²) < 4.78 is 10.00. The van der Waals surface area contributed by atoms with Crippen molar-refractivity contribution in [3.05, 3.63) is 0 Å². The van der Waals surface area contributed by atoms with Crippen LogP contribution in [0.15, 0.2) is 0 Å². The van der Waals surface area contributed by atoms with Crippen molar-refractivity contribution in [2.75, 3.05) is 20.2 Å². The molecule has 7 heteroatoms. The molecular formula is C16H28N2O5. The number of likely N-dealkylation sites (tertiary alicyclic amines) is 1. The second-order valence-corrected chi connectivity index (χ2v) is 7.05. The van der Waals surface area contributed by atoms with Gasteiger partial charge < -0.3 is 14.4 Å². The summed E-state index contributed by atoms with van der Waals surface area (Å²) in [5, 5.41) is 2.88. The smallest absolute Gasteiger partial charge is 0.329 e. The molecule has 23 heavy (non-hydrogen) atoms. The second-order valence-electron chi connectivity index (χ2n) is 7.05. The molecule has 0 bridgehead atoms. The Morgan fingerprint density at radius 2 is 1.96 bits per heavy atom. The molecule has 1 rings (SSSR count). The highest BCUT2D eigenvalue weighted by molar-refractivity contribution is 5.90. The number of nitrogens with one attached hydrogen (secondary N) is 1. The van der Waals surface area contributed by atoms with Crippen LogP contribution < -0.4 is 5.32 Å². The molecular weight excluding hydrogens is 300 g/mol. The van der Waals surface area contributed by atoms with E-state index in [0.717, 1.165) is 0 Å². The molecule has 0 aromatic rings. The Hall–Kier alpha value is -1.63. The predicted molar refractivity (Wildman–Crippen MR) is 84.6 cm³/mol. The van der Waals surface area contributed by atoms with Gasteiger partial charge in [0.25, 0.3) is 0 Å². The van der Waals surface area contributed by atoms with E-state index in [-0.39, 0.29) is 18.4 Å². The number of rotatable bonds is 6. The van der Waals surface area contributed by atoms with Crippen LogP contribution in [0.4, 0.5) is 0 Å². The van der Waals surface area contributed by atoms with E-state index >= 15 is 0 Å². The number of carbonyl (C=O) groups excluding carboxylic acids is 3. The molecule has 1 amide bonds. The van der Waals surface area contributed by atoms with E-state index in [0.29, 0.717) is 13.0 Å². The van der Waals surface area contributed by atoms with E-state index in [1.807, 2.05) is 13.8 Å². The standard InChI is InChI=1S/C16H28N2O5/c1-10(2)13(15(21)23-16(3,4)5)18-8-7-11(14(18)20)17-9-12(19)22-6/h10-11,13,17H,7-9H2,1-6H3/t11-,13+/m1/s1. The predicted octanol–water partition coefficient (Wildman–Crippen LogP) is 0.716. The summed E-state index contributed by atoms with van der Waals surface area (Å²) in [5.41, 5.74) is -0.602. The van der Waals surface area contributed by atoms with Gasteiger partial charge in [0.15, 0.2) is 0 Å². The van der Waals surface area contributed by atoms with Crippen molar-refractivity contribution < 1.29 is 23.9 Å². The fraction of sp³-hybridized carbons (Fsp3) is 0.812. The molecule has 2 atom stereocenters. The number of esters is 2. The average Bonchev–Trinajstić information content (AvgIpc) is 2.75. The third kappa shape index (κ3) is 5.49. The lowest BCUT2D eigenvalue weighted by Crippen LogP contribution is -2.50. The van der Waals surface area contributed by atoms with E-state index in [1.54, 1.807) is 25.7 Å². The van der Waals surface area contributed by atoms with Crippen LogP contribution in [0.3, 0.4) is 0 Å². The first-order valence-electron chi connectivity index (χ1n) is 7.90. The van der Waals surface area contributed by atoms with E-state index in [2.05, 4.69) is 10.1 Å². The van der Waals surface area contributed by atoms with Gasteiger partial charge in [-0.05, 0) is 33.1 Å². The molecule has 132 valence electrons. The topological polar surface area (TPSA) is 84.9 Å². The molecule has 1 aliphatic rings. The van der Waals surface area contributed by atoms with Crippen LogP contribution in [-0.2, 0) is 23.9 Å². The van der Waals surface area contributed by atoms with Crippen molar-refractivity contribution in [3.8, 4) is 0 Å². The summed E-state index contributed by atoms with van der Waals surface area (Å²) in [6, 6.07) is -1.09. The normalized spacial score (nSPS) is 19.9. The van der Waals surface area contributed by atoms with Crippen LogP contribution >= 0.6 is 0 Å². The average molecular weight is 328 g/mol. The molecule has 0 aliphatic carbocycles. The van der Waals surface area contributed by atoms with E-state index < -0.39 is 29.6 Å². The lowest BCUT2D eigenvalue weighted by Gasteiger charge is -2.32. The van der Waals surface area contributed by atoms with Crippen molar-refractivity contribution in [2.45, 2.75) is 58.7 Å². The number of amides is 1. The number of hydrogen-bond donors (Lipinski definition) is 1. The lowest BCUT2D eigenvalue weighted by atomic mass is 10.0. The molecule has 1 fully saturated rings. The zero-order valence-electron chi connectivity index (χ0n) is 14.8. The highest BCUT2D eigenvalue weighted by Gasteiger charge is 2.41. The van der Waals surface area contributed by atoms with Crippen molar-refractivity contribution >= 4 is 17.8 Å². The fourth-order valence-electron chi connectivity index (χ4n) is 2.57. The highest BCUT2D eigenvalue weighted by Crippen LogP contribution is 2.22. The minimum absolute atomic E-state index is 0.0282. The maximum atomic E-state index is 12.5. The Kier molecular flexibility index (Phi) is 6.56. The van der Waals surface area contributed by atoms with Crippen molar-refractivity contribution in [1.29, 1.82) is 0 Å². The summed E-state index contributed by atoms with van der Waals surface area (Å²) in [4.78, 5) is 37.7. The number of carbonyl (C=O) groups is 3. The Morgan fingerprint density at radius 1 is 1.35 bits per heavy atom. The second kappa shape index (κ2) is 7.77. The van der Waals surface area contributed by atoms with Crippen molar-refractivity contribution in [1.82, 2.24) is 10.2 Å². The summed E-state index contributed by atoms with van der Waals surface area (Å²) in [6.07, 6.45) is 0.543. The van der Waals surface area contributed by atoms with E-state index in [1.165, 1.54) is 7.11 Å². The molecule has 1 heterocycles. The monoisotopic (exact) mass is 328 g/mol. The van der Waals surface area contributed by atoms with Crippen molar-refractivity contribution in [2.24, 2.45) is 5.92 Å². The highest BCUT2D eigenvalue weighted by atomic mass is 16.6. The number of nitrogens with zero attached hydrogens (tertiary/aromatic N) is 1. The van der Waals surface area contributed by atoms with Crippen LogP contribution in [0.25, 0.3) is 0 Å². The molecule has 0 aromatic heterocycles. The number of methoxy groups -OCH3 is 1. The number of ether oxygens (including phenoxy) is 2. The van der Waals surface area contributed by atoms with Crippen LogP contribution in [0.1, 0.15) is 41.0 Å². The van der Waals surface area contributed by atoms with Gasteiger partial charge in [-0.1, -0.05) is 13.8 Å². The van der Waals surface area contributed by atoms with Gasteiger partial charge in [0, 0.05) is 6.54 Å². The molecule has 0 saturated carbocycles. The third-order valence-electron chi connectivity index (χ3n) is 3.58. The lowest BCUT2D eigenvalue weighted by molar-refractivity contribution is -0.166. The van der Waals surface area contributed by atoms with Gasteiger partial charge >= 0.3 is 11.9 Å². The fourth-order valence-corrected chi connectivity index (χ4v) is 2.57. The first-order valence-corrected chi connectivity index (χ1v) is 7.90. The van der Waals surface area contributed by atoms with Gasteiger partial charge in [0.05, 0.1) is 19.7 Å². The zero-order chi connectivity index (χ0) is 17.8. The molecule has 0 unspecified atom stereocenters. The Morgan fingerprint density at radius 3 is 2.43 bits per heavy atom. The van der Waals surface area contributed by atoms with Gasteiger partial charge in [-0.25, -0.2) is 4.79 Å². The number of hydrogen-bond acceptors (Lipinski definition) is 6. The van der Waals surface area contributed by atoms with Crippen LogP contribution in [0, 0.1) is 5.92 Å². The first kappa shape index (κ1) is 19.4. The third-order valence-corrected chi connectivity index (χ3v) is 3.58. The molecule has 1 N–H and O–H groups in total. The minimum atomic E-state index is -0.619. The zero-order valence-corrected chi connectivity index (χ0v) is 14.8. The summed E-state index contributed by atoms with van der Waals surface area (Å²) >= 11 is 0. The first-order chi connectivity index (χ1) is 10.6. The van der Waals surface area contributed by atoms with Crippen molar-refractivity contribution in [3.63, 3.8) is 0 Å². The molecule has 1 aliphatic heterocycles. The largest absolute Gasteiger partial charge is 0.468 e. The molecule has 1 saturated heterocycles. The summed E-state index contributed by atoms with van der Waals surface area (Å²) in [6.45, 7) is 9.60. The Bertz CT molecular complexity index is 456. The van der Waals surface area contributed by atoms with Gasteiger partial charge in [-0.2, -0.15) is 0 Å². The van der Waals surface area contributed by atoms with Gasteiger partial charge in [-0.3, -0.25) is 14.9 Å². The van der Waals surface area contributed by atoms with Crippen LogP contribution in [-0.4, -0.2) is 60.6 Å². The SMILES string of the molecule is COC(=O)CN[C@@H]1CCN([C@H](C(=O)OC(C)(C)C)C(C)C)C1=O. The Balaban J connectivity index is 2.76. The van der Waals surface area contributed by atoms with Gasteiger partial charge in [0.2, 0.25) is 5.91 Å². The minimum Gasteiger partial charge on any atom is -0.468 e. The molecule has 0 spiro atoms. The van der Waals surface area contributed by atoms with E-state index in [9.17, 15) is 14.4 Å². The maximum absolute atomic E-state index is 12.5. The van der Waals surface area contributed by atoms with Gasteiger partial charge in [0.1, 0.15) is 11.6 Å². The molecule has 0 radical (unpaired) electrons. The summed E-state index contributed by atoms with van der Waals surface area (Å²) in [5.74, 6) is -1.06. The van der Waals surface area contributed by atoms with Crippen LogP contribution in [0.5, 0.6) is 0 Å². The van der Waals surface area contributed by atoms with Crippen LogP contribution in [0.2, 0.25) is 0 Å². The quantitative estimate of drug-likeness (QED) is 0.723. The van der Waals surface area contributed by atoms with E-state index in [4.69, 9.17) is 4.74 Å². The maximum Gasteiger partial charge on any atom is 0.329 e.